The summed E-state index contributed by atoms with van der Waals surface area (Å²) in [4.78, 5) is 31.9. The molecule has 40 heavy (non-hydrogen) atoms. The van der Waals surface area contributed by atoms with Gasteiger partial charge >= 0.3 is 5.97 Å². The lowest BCUT2D eigenvalue weighted by Gasteiger charge is -2.18. The predicted molar refractivity (Wildman–Crippen MR) is 152 cm³/mol. The number of aromatic carboxylic acids is 1. The number of hydrogen-bond donors (Lipinski definition) is 4. The molecule has 0 saturated heterocycles. The first-order chi connectivity index (χ1) is 19.3. The molecule has 0 fully saturated rings. The Kier molecular flexibility index (Phi) is 9.44. The van der Waals surface area contributed by atoms with Crippen molar-refractivity contribution in [3.8, 4) is 16.9 Å². The molecule has 3 aromatic carbocycles. The molecule has 4 rings (SSSR count). The van der Waals surface area contributed by atoms with Crippen LogP contribution in [0.4, 0.5) is 0 Å². The standard InChI is InChI=1S/C31H33N3O6/c1-34(12-13-35)18-21-4-3-5-22(14-21)23-8-11-28-26(16-23)27(31(38)39)17-29(33-28)30(37)32-24(19-40-2)15-20-6-9-25(36)10-7-20/h3-11,14,16-17,24,35-36H,12-13,15,18-19H2,1-2H3,(H,32,37)(H,38,39)/t24-/m0/s1. The van der Waals surface area contributed by atoms with Gasteiger partial charge in [-0.2, -0.15) is 0 Å². The molecule has 0 aliphatic rings. The number of likely N-dealkylation sites (N-methyl/N-ethyl adjacent to an activating group) is 1. The van der Waals surface area contributed by atoms with Crippen LogP contribution in [-0.4, -0.2) is 77.0 Å². The molecular weight excluding hydrogens is 510 g/mol. The van der Waals surface area contributed by atoms with Crippen LogP contribution < -0.4 is 5.32 Å². The SMILES string of the molecule is COC[C@H](Cc1ccc(O)cc1)NC(=O)c1cc(C(=O)O)c2cc(-c3cccc(CN(C)CCO)c3)ccc2n1. The predicted octanol–water partition coefficient (Wildman–Crippen LogP) is 3.72. The van der Waals surface area contributed by atoms with E-state index in [1.165, 1.54) is 13.2 Å². The van der Waals surface area contributed by atoms with Gasteiger partial charge in [0.1, 0.15) is 11.4 Å². The topological polar surface area (TPSA) is 132 Å². The Bertz CT molecular complexity index is 1490. The number of pyridine rings is 1. The molecule has 0 aliphatic heterocycles. The molecule has 0 radical (unpaired) electrons. The molecule has 0 unspecified atom stereocenters. The van der Waals surface area contributed by atoms with Gasteiger partial charge in [0.05, 0.1) is 30.3 Å². The van der Waals surface area contributed by atoms with Gasteiger partial charge in [-0.05, 0) is 72.1 Å². The number of aliphatic hydroxyl groups excluding tert-OH is 1. The van der Waals surface area contributed by atoms with E-state index in [1.807, 2.05) is 42.3 Å². The van der Waals surface area contributed by atoms with Gasteiger partial charge in [0.15, 0.2) is 0 Å². The largest absolute Gasteiger partial charge is 0.508 e. The monoisotopic (exact) mass is 543 g/mol. The van der Waals surface area contributed by atoms with Crippen molar-refractivity contribution in [2.24, 2.45) is 0 Å². The summed E-state index contributed by atoms with van der Waals surface area (Å²) in [6, 6.07) is 20.9. The highest BCUT2D eigenvalue weighted by atomic mass is 16.5. The number of carbonyl (C=O) groups excluding carboxylic acids is 1. The Morgan fingerprint density at radius 1 is 1.00 bits per heavy atom. The lowest BCUT2D eigenvalue weighted by molar-refractivity contribution is 0.0699. The normalized spacial score (nSPS) is 12.0. The summed E-state index contributed by atoms with van der Waals surface area (Å²) in [7, 11) is 3.47. The second-order valence-electron chi connectivity index (χ2n) is 9.75. The highest BCUT2D eigenvalue weighted by molar-refractivity contribution is 6.06. The molecule has 1 aromatic heterocycles. The highest BCUT2D eigenvalue weighted by Gasteiger charge is 2.20. The number of aromatic nitrogens is 1. The van der Waals surface area contributed by atoms with Crippen LogP contribution in [-0.2, 0) is 17.7 Å². The molecule has 0 saturated carbocycles. The summed E-state index contributed by atoms with van der Waals surface area (Å²) in [5, 5.41) is 32.0. The van der Waals surface area contributed by atoms with Gasteiger partial charge < -0.3 is 25.4 Å². The molecule has 0 spiro atoms. The number of phenols is 1. The van der Waals surface area contributed by atoms with Crippen LogP contribution >= 0.6 is 0 Å². The van der Waals surface area contributed by atoms with Crippen LogP contribution in [0.15, 0.2) is 72.8 Å². The summed E-state index contributed by atoms with van der Waals surface area (Å²) in [5.74, 6) is -1.51. The first-order valence-corrected chi connectivity index (χ1v) is 12.9. The van der Waals surface area contributed by atoms with E-state index < -0.39 is 11.9 Å². The number of phenolic OH excluding ortho intramolecular Hbond substituents is 1. The average molecular weight is 544 g/mol. The first-order valence-electron chi connectivity index (χ1n) is 12.9. The number of ether oxygens (including phenoxy) is 1. The first kappa shape index (κ1) is 28.7. The number of fused-ring (bicyclic) bond motifs is 1. The summed E-state index contributed by atoms with van der Waals surface area (Å²) in [5.41, 5.74) is 4.09. The Morgan fingerprint density at radius 2 is 1.75 bits per heavy atom. The number of hydrogen-bond acceptors (Lipinski definition) is 7. The van der Waals surface area contributed by atoms with Gasteiger partial charge in [-0.3, -0.25) is 9.69 Å². The molecule has 9 heteroatoms. The minimum Gasteiger partial charge on any atom is -0.508 e. The van der Waals surface area contributed by atoms with Crippen LogP contribution in [0.2, 0.25) is 0 Å². The van der Waals surface area contributed by atoms with Crippen molar-refractivity contribution in [1.29, 1.82) is 0 Å². The fourth-order valence-electron chi connectivity index (χ4n) is 4.64. The molecule has 4 aromatic rings. The van der Waals surface area contributed by atoms with Crippen molar-refractivity contribution >= 4 is 22.8 Å². The van der Waals surface area contributed by atoms with Gasteiger partial charge in [-0.25, -0.2) is 9.78 Å². The Balaban J connectivity index is 1.61. The molecule has 9 nitrogen and oxygen atoms in total. The number of carbonyl (C=O) groups is 2. The molecule has 1 amide bonds. The zero-order chi connectivity index (χ0) is 28.6. The van der Waals surface area contributed by atoms with Crippen molar-refractivity contribution in [3.63, 3.8) is 0 Å². The number of methoxy groups -OCH3 is 1. The van der Waals surface area contributed by atoms with E-state index in [9.17, 15) is 24.9 Å². The third kappa shape index (κ3) is 7.20. The van der Waals surface area contributed by atoms with Crippen molar-refractivity contribution in [1.82, 2.24) is 15.2 Å². The maximum absolute atomic E-state index is 13.2. The maximum Gasteiger partial charge on any atom is 0.336 e. The number of aliphatic hydroxyl groups is 1. The number of benzene rings is 3. The molecule has 208 valence electrons. The second-order valence-corrected chi connectivity index (χ2v) is 9.75. The summed E-state index contributed by atoms with van der Waals surface area (Å²) in [6.45, 7) is 1.55. The summed E-state index contributed by atoms with van der Waals surface area (Å²) >= 11 is 0. The van der Waals surface area contributed by atoms with Gasteiger partial charge in [0, 0.05) is 25.6 Å². The van der Waals surface area contributed by atoms with Gasteiger partial charge in [-0.15, -0.1) is 0 Å². The van der Waals surface area contributed by atoms with Gasteiger partial charge in [0.2, 0.25) is 0 Å². The number of nitrogens with one attached hydrogen (secondary N) is 1. The van der Waals surface area contributed by atoms with Crippen molar-refractivity contribution in [2.45, 2.75) is 19.0 Å². The third-order valence-electron chi connectivity index (χ3n) is 6.59. The van der Waals surface area contributed by atoms with Crippen LogP contribution in [0.25, 0.3) is 22.0 Å². The molecule has 0 aliphatic carbocycles. The van der Waals surface area contributed by atoms with Crippen molar-refractivity contribution in [2.75, 3.05) is 33.9 Å². The van der Waals surface area contributed by atoms with Gasteiger partial charge in [-0.1, -0.05) is 36.4 Å². The average Bonchev–Trinajstić information content (AvgIpc) is 2.93. The summed E-state index contributed by atoms with van der Waals surface area (Å²) in [6.07, 6.45) is 0.456. The lowest BCUT2D eigenvalue weighted by Crippen LogP contribution is -2.40. The van der Waals surface area contributed by atoms with E-state index in [0.717, 1.165) is 22.3 Å². The minimum atomic E-state index is -1.16. The Morgan fingerprint density at radius 3 is 2.45 bits per heavy atom. The molecule has 0 bridgehead atoms. The molecule has 1 heterocycles. The zero-order valence-corrected chi connectivity index (χ0v) is 22.5. The van der Waals surface area contributed by atoms with Crippen LogP contribution in [0.3, 0.4) is 0 Å². The van der Waals surface area contributed by atoms with E-state index in [4.69, 9.17) is 4.74 Å². The minimum absolute atomic E-state index is 0.00150. The smallest absolute Gasteiger partial charge is 0.336 e. The quantitative estimate of drug-likeness (QED) is 0.213. The molecule has 4 N–H and O–H groups in total. The zero-order valence-electron chi connectivity index (χ0n) is 22.5. The number of carboxylic acids is 1. The lowest BCUT2D eigenvalue weighted by atomic mass is 9.98. The maximum atomic E-state index is 13.2. The fourth-order valence-corrected chi connectivity index (χ4v) is 4.64. The van der Waals surface area contributed by atoms with E-state index in [0.29, 0.717) is 30.4 Å². The number of rotatable bonds is 12. The summed E-state index contributed by atoms with van der Waals surface area (Å²) < 4.78 is 5.27. The third-order valence-corrected chi connectivity index (χ3v) is 6.59. The fraction of sp³-hybridized carbons (Fsp3) is 0.258. The van der Waals surface area contributed by atoms with E-state index in [-0.39, 0.29) is 36.3 Å². The Hall–Kier alpha value is -4.31. The number of amides is 1. The van der Waals surface area contributed by atoms with Gasteiger partial charge in [0.25, 0.3) is 5.91 Å². The number of nitrogens with zero attached hydrogens (tertiary/aromatic N) is 2. The Labute approximate surface area is 232 Å². The number of carboxylic acid groups (broad SMARTS) is 1. The van der Waals surface area contributed by atoms with Crippen LogP contribution in [0.5, 0.6) is 5.75 Å². The van der Waals surface area contributed by atoms with E-state index in [1.54, 1.807) is 36.4 Å². The van der Waals surface area contributed by atoms with Crippen LogP contribution in [0.1, 0.15) is 32.0 Å². The highest BCUT2D eigenvalue weighted by Crippen LogP contribution is 2.27. The number of aromatic hydroxyl groups is 1. The molecule has 1 atom stereocenters. The van der Waals surface area contributed by atoms with Crippen molar-refractivity contribution < 1.29 is 29.6 Å². The van der Waals surface area contributed by atoms with Crippen molar-refractivity contribution in [3.05, 3.63) is 95.2 Å². The van der Waals surface area contributed by atoms with Crippen LogP contribution in [0, 0.1) is 0 Å². The molecular formula is C31H33N3O6. The van der Waals surface area contributed by atoms with E-state index >= 15 is 0 Å². The second kappa shape index (κ2) is 13.2. The van der Waals surface area contributed by atoms with E-state index in [2.05, 4.69) is 10.3 Å².